The lowest BCUT2D eigenvalue weighted by atomic mass is 10.00. The SMILES string of the molecule is CCC1C(Cl)C(=O)N1c1nc2ccccc2s1. The number of carbonyl (C=O) groups is 1. The van der Waals surface area contributed by atoms with Crippen LogP contribution in [-0.4, -0.2) is 22.3 Å². The zero-order valence-corrected chi connectivity index (χ0v) is 10.8. The van der Waals surface area contributed by atoms with Gasteiger partial charge in [0, 0.05) is 0 Å². The Kier molecular flexibility index (Phi) is 2.56. The van der Waals surface area contributed by atoms with Gasteiger partial charge in [-0.3, -0.25) is 9.69 Å². The molecule has 0 saturated carbocycles. The topological polar surface area (TPSA) is 33.2 Å². The van der Waals surface area contributed by atoms with Gasteiger partial charge in [0.25, 0.3) is 0 Å². The van der Waals surface area contributed by atoms with Crippen LogP contribution in [0, 0.1) is 0 Å². The lowest BCUT2D eigenvalue weighted by Gasteiger charge is -2.42. The van der Waals surface area contributed by atoms with Gasteiger partial charge in [0.05, 0.1) is 16.3 Å². The van der Waals surface area contributed by atoms with Crippen molar-refractivity contribution in [2.45, 2.75) is 24.8 Å². The van der Waals surface area contributed by atoms with Crippen LogP contribution in [0.5, 0.6) is 0 Å². The molecule has 2 heterocycles. The van der Waals surface area contributed by atoms with Crippen molar-refractivity contribution in [3.63, 3.8) is 0 Å². The molecule has 1 aromatic carbocycles. The largest absolute Gasteiger partial charge is 0.282 e. The van der Waals surface area contributed by atoms with Gasteiger partial charge in [-0.25, -0.2) is 4.98 Å². The highest BCUT2D eigenvalue weighted by Gasteiger charge is 2.47. The number of aromatic nitrogens is 1. The van der Waals surface area contributed by atoms with Gasteiger partial charge in [-0.05, 0) is 18.6 Å². The van der Waals surface area contributed by atoms with Crippen molar-refractivity contribution in [3.8, 4) is 0 Å². The third-order valence-electron chi connectivity index (χ3n) is 3.05. The van der Waals surface area contributed by atoms with Crippen LogP contribution < -0.4 is 4.90 Å². The first-order chi connectivity index (χ1) is 8.22. The zero-order chi connectivity index (χ0) is 12.0. The molecule has 2 atom stereocenters. The summed E-state index contributed by atoms with van der Waals surface area (Å²) in [5.74, 6) is -0.0300. The number of nitrogens with zero attached hydrogens (tertiary/aromatic N) is 2. The Hall–Kier alpha value is -1.13. The third kappa shape index (κ3) is 1.55. The van der Waals surface area contributed by atoms with E-state index in [1.54, 1.807) is 16.2 Å². The highest BCUT2D eigenvalue weighted by atomic mass is 35.5. The second-order valence-electron chi connectivity index (χ2n) is 4.05. The number of β-lactam (4-membered cyclic amide) rings is 1. The van der Waals surface area contributed by atoms with Crippen LogP contribution in [0.15, 0.2) is 24.3 Å². The molecule has 0 bridgehead atoms. The minimum atomic E-state index is -0.382. The lowest BCUT2D eigenvalue weighted by molar-refractivity contribution is -0.123. The summed E-state index contributed by atoms with van der Waals surface area (Å²) in [7, 11) is 0. The first kappa shape index (κ1) is 11.0. The van der Waals surface area contributed by atoms with E-state index in [1.165, 1.54) is 0 Å². The smallest absolute Gasteiger partial charge is 0.249 e. The molecule has 1 saturated heterocycles. The normalized spacial score (nSPS) is 24.1. The van der Waals surface area contributed by atoms with Gasteiger partial charge in [-0.1, -0.05) is 30.4 Å². The molecule has 3 nitrogen and oxygen atoms in total. The number of rotatable bonds is 2. The van der Waals surface area contributed by atoms with Crippen molar-refractivity contribution in [3.05, 3.63) is 24.3 Å². The van der Waals surface area contributed by atoms with Crippen LogP contribution in [0.4, 0.5) is 5.13 Å². The number of anilines is 1. The van der Waals surface area contributed by atoms with Crippen molar-refractivity contribution in [1.82, 2.24) is 4.98 Å². The van der Waals surface area contributed by atoms with Gasteiger partial charge in [-0.2, -0.15) is 0 Å². The van der Waals surface area contributed by atoms with Crippen molar-refractivity contribution < 1.29 is 4.79 Å². The number of hydrogen-bond donors (Lipinski definition) is 0. The molecule has 1 aliphatic rings. The van der Waals surface area contributed by atoms with E-state index in [2.05, 4.69) is 4.98 Å². The summed E-state index contributed by atoms with van der Waals surface area (Å²) in [6.45, 7) is 2.03. The summed E-state index contributed by atoms with van der Waals surface area (Å²) >= 11 is 7.54. The van der Waals surface area contributed by atoms with Crippen molar-refractivity contribution in [2.24, 2.45) is 0 Å². The summed E-state index contributed by atoms with van der Waals surface area (Å²) in [6, 6.07) is 7.98. The van der Waals surface area contributed by atoms with Gasteiger partial charge in [-0.15, -0.1) is 11.6 Å². The summed E-state index contributed by atoms with van der Waals surface area (Å²) < 4.78 is 1.10. The highest BCUT2D eigenvalue weighted by Crippen LogP contribution is 2.37. The van der Waals surface area contributed by atoms with Crippen LogP contribution >= 0.6 is 22.9 Å². The van der Waals surface area contributed by atoms with Crippen LogP contribution in [0.2, 0.25) is 0 Å². The molecule has 1 fully saturated rings. The minimum absolute atomic E-state index is 0.0300. The number of carbonyl (C=O) groups excluding carboxylic acids is 1. The molecular weight excluding hydrogens is 256 g/mol. The van der Waals surface area contributed by atoms with Gasteiger partial charge in [0.2, 0.25) is 5.91 Å². The number of para-hydroxylation sites is 1. The number of fused-ring (bicyclic) bond motifs is 1. The number of halogens is 1. The first-order valence-corrected chi connectivity index (χ1v) is 6.80. The van der Waals surface area contributed by atoms with Crippen LogP contribution in [-0.2, 0) is 4.79 Å². The molecule has 1 aromatic heterocycles. The maximum absolute atomic E-state index is 11.8. The molecule has 17 heavy (non-hydrogen) atoms. The molecule has 0 spiro atoms. The van der Waals surface area contributed by atoms with E-state index in [4.69, 9.17) is 11.6 Å². The molecule has 0 N–H and O–H groups in total. The zero-order valence-electron chi connectivity index (χ0n) is 9.26. The molecule has 5 heteroatoms. The molecule has 0 radical (unpaired) electrons. The van der Waals surface area contributed by atoms with Crippen molar-refractivity contribution >= 4 is 44.2 Å². The van der Waals surface area contributed by atoms with Crippen LogP contribution in [0.3, 0.4) is 0 Å². The second kappa shape index (κ2) is 3.96. The number of thiazole rings is 1. The molecule has 1 aliphatic heterocycles. The average molecular weight is 267 g/mol. The lowest BCUT2D eigenvalue weighted by Crippen LogP contribution is -2.62. The quantitative estimate of drug-likeness (QED) is 0.618. The fourth-order valence-corrected chi connectivity index (χ4v) is 3.52. The van der Waals surface area contributed by atoms with Gasteiger partial charge in [0.15, 0.2) is 5.13 Å². The molecule has 1 amide bonds. The van der Waals surface area contributed by atoms with E-state index in [0.717, 1.165) is 21.8 Å². The molecule has 2 aromatic rings. The van der Waals surface area contributed by atoms with E-state index in [9.17, 15) is 4.79 Å². The van der Waals surface area contributed by atoms with E-state index in [1.807, 2.05) is 31.2 Å². The van der Waals surface area contributed by atoms with Crippen molar-refractivity contribution in [1.29, 1.82) is 0 Å². The maximum atomic E-state index is 11.8. The number of benzene rings is 1. The first-order valence-electron chi connectivity index (χ1n) is 5.55. The Balaban J connectivity index is 2.01. The van der Waals surface area contributed by atoms with Crippen molar-refractivity contribution in [2.75, 3.05) is 4.90 Å². The second-order valence-corrected chi connectivity index (χ2v) is 5.53. The predicted octanol–water partition coefficient (Wildman–Crippen LogP) is 3.03. The van der Waals surface area contributed by atoms with Crippen LogP contribution in [0.1, 0.15) is 13.3 Å². The molecular formula is C12H11ClN2OS. The standard InChI is InChI=1S/C12H11ClN2OS/c1-2-8-10(13)11(16)15(8)12-14-7-5-3-4-6-9(7)17-12/h3-6,8,10H,2H2,1H3. The number of hydrogen-bond acceptors (Lipinski definition) is 3. The molecule has 2 unspecified atom stereocenters. The highest BCUT2D eigenvalue weighted by molar-refractivity contribution is 7.22. The maximum Gasteiger partial charge on any atom is 0.249 e. The summed E-state index contributed by atoms with van der Waals surface area (Å²) in [4.78, 5) is 18.0. The summed E-state index contributed by atoms with van der Waals surface area (Å²) in [6.07, 6.45) is 0.857. The predicted molar refractivity (Wildman–Crippen MR) is 70.8 cm³/mol. The van der Waals surface area contributed by atoms with Gasteiger partial charge >= 0.3 is 0 Å². The average Bonchev–Trinajstić information content (AvgIpc) is 2.76. The van der Waals surface area contributed by atoms with Crippen LogP contribution in [0.25, 0.3) is 10.2 Å². The fraction of sp³-hybridized carbons (Fsp3) is 0.333. The fourth-order valence-electron chi connectivity index (χ4n) is 2.10. The van der Waals surface area contributed by atoms with Gasteiger partial charge < -0.3 is 0 Å². The van der Waals surface area contributed by atoms with E-state index >= 15 is 0 Å². The van der Waals surface area contributed by atoms with E-state index in [-0.39, 0.29) is 17.3 Å². The van der Waals surface area contributed by atoms with Gasteiger partial charge in [0.1, 0.15) is 5.38 Å². The summed E-state index contributed by atoms with van der Waals surface area (Å²) in [5, 5.41) is 0.381. The minimum Gasteiger partial charge on any atom is -0.282 e. The molecule has 0 aliphatic carbocycles. The molecule has 3 rings (SSSR count). The Morgan fingerprint density at radius 1 is 1.47 bits per heavy atom. The Morgan fingerprint density at radius 2 is 2.24 bits per heavy atom. The third-order valence-corrected chi connectivity index (χ3v) is 4.56. The van der Waals surface area contributed by atoms with E-state index in [0.29, 0.717) is 0 Å². The summed E-state index contributed by atoms with van der Waals surface area (Å²) in [5.41, 5.74) is 0.938. The Morgan fingerprint density at radius 3 is 2.94 bits per heavy atom. The number of alkyl halides is 1. The Labute approximate surface area is 108 Å². The molecule has 88 valence electrons. The monoisotopic (exact) mass is 266 g/mol. The van der Waals surface area contributed by atoms with E-state index < -0.39 is 0 Å². The number of amides is 1. The Bertz CT molecular complexity index is 550.